The van der Waals surface area contributed by atoms with Crippen LogP contribution in [0.2, 0.25) is 0 Å². The zero-order chi connectivity index (χ0) is 18.7. The monoisotopic (exact) mass is 355 g/mol. The van der Waals surface area contributed by atoms with E-state index >= 15 is 0 Å². The molecular formula is C24H25N3. The first-order valence-electron chi connectivity index (χ1n) is 9.79. The van der Waals surface area contributed by atoms with Crippen molar-refractivity contribution in [1.29, 1.82) is 0 Å². The summed E-state index contributed by atoms with van der Waals surface area (Å²) in [5, 5.41) is 0. The Balaban J connectivity index is 1.71. The Morgan fingerprint density at radius 2 is 1.63 bits per heavy atom. The maximum atomic E-state index is 5.20. The van der Waals surface area contributed by atoms with Crippen LogP contribution < -0.4 is 9.80 Å². The molecule has 2 aliphatic heterocycles. The average Bonchev–Trinajstić information content (AvgIpc) is 3.15. The van der Waals surface area contributed by atoms with E-state index in [0.29, 0.717) is 12.2 Å². The molecule has 27 heavy (non-hydrogen) atoms. The summed E-state index contributed by atoms with van der Waals surface area (Å²) in [6, 6.07) is 20.1. The third-order valence-corrected chi connectivity index (χ3v) is 5.93. The van der Waals surface area contributed by atoms with Gasteiger partial charge in [0.05, 0.1) is 11.4 Å². The molecule has 3 aromatic rings. The van der Waals surface area contributed by atoms with E-state index in [1.165, 1.54) is 33.6 Å². The van der Waals surface area contributed by atoms with Crippen LogP contribution in [0.25, 0.3) is 11.3 Å². The molecule has 0 saturated carbocycles. The lowest BCUT2D eigenvalue weighted by Gasteiger charge is -2.30. The molecule has 0 radical (unpaired) electrons. The van der Waals surface area contributed by atoms with Crippen molar-refractivity contribution in [1.82, 2.24) is 4.98 Å². The van der Waals surface area contributed by atoms with Gasteiger partial charge in [-0.15, -0.1) is 0 Å². The minimum absolute atomic E-state index is 0.332. The fourth-order valence-corrected chi connectivity index (χ4v) is 4.81. The van der Waals surface area contributed by atoms with E-state index < -0.39 is 0 Å². The molecule has 0 fully saturated rings. The predicted octanol–water partition coefficient (Wildman–Crippen LogP) is 5.61. The number of anilines is 3. The lowest BCUT2D eigenvalue weighted by atomic mass is 9.99. The number of aryl methyl sites for hydroxylation is 2. The van der Waals surface area contributed by atoms with Crippen LogP contribution in [-0.4, -0.2) is 17.2 Å². The van der Waals surface area contributed by atoms with Gasteiger partial charge in [0.25, 0.3) is 0 Å². The topological polar surface area (TPSA) is 19.4 Å². The highest BCUT2D eigenvalue weighted by Gasteiger charge is 2.44. The van der Waals surface area contributed by atoms with Crippen LogP contribution in [0.1, 0.15) is 30.5 Å². The Labute approximate surface area is 161 Å². The number of hydrogen-bond donors (Lipinski definition) is 0. The van der Waals surface area contributed by atoms with Gasteiger partial charge in [0.1, 0.15) is 6.17 Å². The second-order valence-electron chi connectivity index (χ2n) is 7.99. The van der Waals surface area contributed by atoms with Crippen molar-refractivity contribution in [3.8, 4) is 11.3 Å². The van der Waals surface area contributed by atoms with Gasteiger partial charge in [-0.1, -0.05) is 36.4 Å². The van der Waals surface area contributed by atoms with Crippen LogP contribution in [0.15, 0.2) is 54.6 Å². The Kier molecular flexibility index (Phi) is 3.55. The molecule has 0 amide bonds. The van der Waals surface area contributed by atoms with Gasteiger partial charge < -0.3 is 9.80 Å². The molecular weight excluding hydrogens is 330 g/mol. The molecule has 136 valence electrons. The van der Waals surface area contributed by atoms with Crippen molar-refractivity contribution in [2.45, 2.75) is 46.3 Å². The summed E-state index contributed by atoms with van der Waals surface area (Å²) in [6.07, 6.45) is 1.38. The number of hydrogen-bond acceptors (Lipinski definition) is 3. The number of pyridine rings is 1. The van der Waals surface area contributed by atoms with Crippen LogP contribution in [0.5, 0.6) is 0 Å². The normalized spacial score (nSPS) is 17.3. The van der Waals surface area contributed by atoms with Crippen molar-refractivity contribution in [2.24, 2.45) is 0 Å². The van der Waals surface area contributed by atoms with Crippen LogP contribution in [-0.2, 0) is 6.42 Å². The van der Waals surface area contributed by atoms with Crippen molar-refractivity contribution >= 4 is 17.2 Å². The van der Waals surface area contributed by atoms with Gasteiger partial charge in [-0.2, -0.15) is 0 Å². The molecule has 0 aliphatic carbocycles. The Morgan fingerprint density at radius 3 is 2.37 bits per heavy atom. The molecule has 1 aromatic heterocycles. The van der Waals surface area contributed by atoms with Gasteiger partial charge in [0.2, 0.25) is 0 Å². The van der Waals surface area contributed by atoms with Crippen molar-refractivity contribution in [2.75, 3.05) is 9.80 Å². The largest absolute Gasteiger partial charge is 0.345 e. The molecule has 3 heterocycles. The first kappa shape index (κ1) is 16.4. The Hall–Kier alpha value is -2.81. The molecule has 0 bridgehead atoms. The van der Waals surface area contributed by atoms with E-state index in [-0.39, 0.29) is 0 Å². The molecule has 2 aromatic carbocycles. The summed E-state index contributed by atoms with van der Waals surface area (Å²) in [5.41, 5.74) is 8.85. The minimum Gasteiger partial charge on any atom is -0.345 e. The van der Waals surface area contributed by atoms with Gasteiger partial charge in [0.15, 0.2) is 5.82 Å². The van der Waals surface area contributed by atoms with E-state index in [2.05, 4.69) is 92.1 Å². The zero-order valence-corrected chi connectivity index (χ0v) is 16.4. The maximum absolute atomic E-state index is 5.20. The molecule has 1 unspecified atom stereocenters. The fraction of sp³-hybridized carbons (Fsp3) is 0.292. The average molecular weight is 355 g/mol. The molecule has 2 aliphatic rings. The number of fused-ring (bicyclic) bond motifs is 5. The highest BCUT2D eigenvalue weighted by molar-refractivity contribution is 5.86. The molecule has 1 atom stereocenters. The Morgan fingerprint density at radius 1 is 0.889 bits per heavy atom. The highest BCUT2D eigenvalue weighted by Crippen LogP contribution is 2.50. The standard InChI is InChI=1S/C24H25N3/c1-15(2)26-21-13-12-19(23-16(3)8-7-9-17(23)4)25-24(21)27-20-11-6-5-10-18(20)14-22(26)27/h5-13,15,22H,14H2,1-4H3. The lowest BCUT2D eigenvalue weighted by Crippen LogP contribution is -2.43. The first-order valence-corrected chi connectivity index (χ1v) is 9.79. The quantitative estimate of drug-likeness (QED) is 0.595. The number of aromatic nitrogens is 1. The van der Waals surface area contributed by atoms with Crippen LogP contribution in [0, 0.1) is 13.8 Å². The first-order chi connectivity index (χ1) is 13.1. The second-order valence-corrected chi connectivity index (χ2v) is 7.99. The number of benzene rings is 2. The summed E-state index contributed by atoms with van der Waals surface area (Å²) in [6.45, 7) is 8.89. The SMILES string of the molecule is Cc1cccc(C)c1-c1ccc2c(n1)N1c3ccccc3CC1N2C(C)C. The van der Waals surface area contributed by atoms with Gasteiger partial charge in [-0.05, 0) is 62.6 Å². The van der Waals surface area contributed by atoms with Crippen LogP contribution in [0.3, 0.4) is 0 Å². The van der Waals surface area contributed by atoms with Crippen LogP contribution >= 0.6 is 0 Å². The third-order valence-electron chi connectivity index (χ3n) is 5.93. The predicted molar refractivity (Wildman–Crippen MR) is 113 cm³/mol. The third kappa shape index (κ3) is 2.31. The molecule has 5 rings (SSSR count). The molecule has 3 nitrogen and oxygen atoms in total. The number of nitrogens with zero attached hydrogens (tertiary/aromatic N) is 3. The van der Waals surface area contributed by atoms with E-state index in [4.69, 9.17) is 4.98 Å². The second kappa shape index (κ2) is 5.85. The van der Waals surface area contributed by atoms with Crippen molar-refractivity contribution < 1.29 is 0 Å². The number of rotatable bonds is 2. The van der Waals surface area contributed by atoms with Gasteiger partial charge in [-0.25, -0.2) is 4.98 Å². The Bertz CT molecular complexity index is 1020. The van der Waals surface area contributed by atoms with E-state index in [1.54, 1.807) is 0 Å². The summed E-state index contributed by atoms with van der Waals surface area (Å²) < 4.78 is 0. The summed E-state index contributed by atoms with van der Waals surface area (Å²) in [7, 11) is 0. The van der Waals surface area contributed by atoms with Crippen molar-refractivity contribution in [3.63, 3.8) is 0 Å². The van der Waals surface area contributed by atoms with E-state index in [0.717, 1.165) is 17.9 Å². The van der Waals surface area contributed by atoms with Gasteiger partial charge >= 0.3 is 0 Å². The molecule has 0 N–H and O–H groups in total. The fourth-order valence-electron chi connectivity index (χ4n) is 4.81. The molecule has 0 spiro atoms. The zero-order valence-electron chi connectivity index (χ0n) is 16.4. The highest BCUT2D eigenvalue weighted by atomic mass is 15.5. The maximum Gasteiger partial charge on any atom is 0.159 e. The molecule has 3 heteroatoms. The van der Waals surface area contributed by atoms with Crippen molar-refractivity contribution in [3.05, 3.63) is 71.3 Å². The van der Waals surface area contributed by atoms with Gasteiger partial charge in [0, 0.05) is 23.7 Å². The lowest BCUT2D eigenvalue weighted by molar-refractivity contribution is 0.589. The van der Waals surface area contributed by atoms with E-state index in [1.807, 2.05) is 0 Å². The summed E-state index contributed by atoms with van der Waals surface area (Å²) in [5.74, 6) is 1.10. The summed E-state index contributed by atoms with van der Waals surface area (Å²) in [4.78, 5) is 10.2. The van der Waals surface area contributed by atoms with Gasteiger partial charge in [-0.3, -0.25) is 0 Å². The smallest absolute Gasteiger partial charge is 0.159 e. The van der Waals surface area contributed by atoms with E-state index in [9.17, 15) is 0 Å². The number of para-hydroxylation sites is 1. The minimum atomic E-state index is 0.332. The summed E-state index contributed by atoms with van der Waals surface area (Å²) >= 11 is 0. The molecule has 0 saturated heterocycles. The van der Waals surface area contributed by atoms with Crippen LogP contribution in [0.4, 0.5) is 17.2 Å².